The molecule has 2 atom stereocenters. The van der Waals surface area contributed by atoms with Crippen molar-refractivity contribution in [1.82, 2.24) is 4.90 Å². The molecule has 0 aromatic carbocycles. The van der Waals surface area contributed by atoms with Crippen LogP contribution in [0.5, 0.6) is 0 Å². The van der Waals surface area contributed by atoms with Crippen molar-refractivity contribution in [3.8, 4) is 0 Å². The van der Waals surface area contributed by atoms with E-state index in [4.69, 9.17) is 10.2 Å². The predicted molar refractivity (Wildman–Crippen MR) is 65.7 cm³/mol. The first-order chi connectivity index (χ1) is 8.13. The number of aryl methyl sites for hydroxylation is 1. The summed E-state index contributed by atoms with van der Waals surface area (Å²) >= 11 is 0. The van der Waals surface area contributed by atoms with Crippen LogP contribution in [-0.2, 0) is 0 Å². The van der Waals surface area contributed by atoms with Crippen molar-refractivity contribution in [2.24, 2.45) is 11.7 Å². The molecule has 94 valence electrons. The molecule has 1 saturated carbocycles. The molecule has 0 aliphatic heterocycles. The van der Waals surface area contributed by atoms with Gasteiger partial charge in [0.15, 0.2) is 5.76 Å². The minimum Gasteiger partial charge on any atom is -0.456 e. The highest BCUT2D eigenvalue weighted by Gasteiger charge is 2.32. The van der Waals surface area contributed by atoms with E-state index in [-0.39, 0.29) is 11.9 Å². The van der Waals surface area contributed by atoms with E-state index in [0.29, 0.717) is 18.2 Å². The van der Waals surface area contributed by atoms with Crippen LogP contribution in [0.1, 0.15) is 35.6 Å². The SMILES string of the molecule is Cc1ccc(C(=O)N(C)C2CCCC2CN)o1. The highest BCUT2D eigenvalue weighted by Crippen LogP contribution is 2.29. The number of hydrogen-bond acceptors (Lipinski definition) is 3. The zero-order valence-electron chi connectivity index (χ0n) is 10.5. The van der Waals surface area contributed by atoms with Gasteiger partial charge in [0.1, 0.15) is 5.76 Å². The van der Waals surface area contributed by atoms with Crippen molar-refractivity contribution in [2.45, 2.75) is 32.2 Å². The summed E-state index contributed by atoms with van der Waals surface area (Å²) < 4.78 is 5.37. The van der Waals surface area contributed by atoms with E-state index in [1.807, 2.05) is 20.0 Å². The summed E-state index contributed by atoms with van der Waals surface area (Å²) in [6.07, 6.45) is 3.32. The van der Waals surface area contributed by atoms with Crippen molar-refractivity contribution in [3.05, 3.63) is 23.7 Å². The van der Waals surface area contributed by atoms with Gasteiger partial charge in [-0.05, 0) is 44.4 Å². The zero-order valence-corrected chi connectivity index (χ0v) is 10.5. The number of carbonyl (C=O) groups is 1. The van der Waals surface area contributed by atoms with Gasteiger partial charge >= 0.3 is 0 Å². The number of hydrogen-bond donors (Lipinski definition) is 1. The smallest absolute Gasteiger partial charge is 0.289 e. The van der Waals surface area contributed by atoms with Crippen LogP contribution in [0.15, 0.2) is 16.5 Å². The van der Waals surface area contributed by atoms with Gasteiger partial charge in [0, 0.05) is 13.1 Å². The number of furan rings is 1. The van der Waals surface area contributed by atoms with Crippen molar-refractivity contribution in [1.29, 1.82) is 0 Å². The van der Waals surface area contributed by atoms with Crippen LogP contribution in [0.25, 0.3) is 0 Å². The van der Waals surface area contributed by atoms with Crippen LogP contribution >= 0.6 is 0 Å². The van der Waals surface area contributed by atoms with E-state index >= 15 is 0 Å². The highest BCUT2D eigenvalue weighted by molar-refractivity contribution is 5.91. The molecule has 1 heterocycles. The average Bonchev–Trinajstić information content (AvgIpc) is 2.95. The van der Waals surface area contributed by atoms with Crippen LogP contribution in [0, 0.1) is 12.8 Å². The molecule has 1 aromatic rings. The Morgan fingerprint density at radius 2 is 2.29 bits per heavy atom. The Bertz CT molecular complexity index is 400. The van der Waals surface area contributed by atoms with Gasteiger partial charge in [-0.2, -0.15) is 0 Å². The first kappa shape index (κ1) is 12.2. The Hall–Kier alpha value is -1.29. The molecular formula is C13H20N2O2. The third-order valence-electron chi connectivity index (χ3n) is 3.69. The fraction of sp³-hybridized carbons (Fsp3) is 0.615. The largest absolute Gasteiger partial charge is 0.456 e. The standard InChI is InChI=1S/C13H20N2O2/c1-9-6-7-12(17-9)13(16)15(2)11-5-3-4-10(11)8-14/h6-7,10-11H,3-5,8,14H2,1-2H3. The topological polar surface area (TPSA) is 59.5 Å². The fourth-order valence-corrected chi connectivity index (χ4v) is 2.68. The maximum atomic E-state index is 12.2. The van der Waals surface area contributed by atoms with E-state index < -0.39 is 0 Å². The van der Waals surface area contributed by atoms with Crippen molar-refractivity contribution in [2.75, 3.05) is 13.6 Å². The molecule has 4 nitrogen and oxygen atoms in total. The summed E-state index contributed by atoms with van der Waals surface area (Å²) in [6.45, 7) is 2.49. The molecule has 1 aliphatic rings. The lowest BCUT2D eigenvalue weighted by atomic mass is 10.0. The van der Waals surface area contributed by atoms with E-state index in [2.05, 4.69) is 0 Å². The summed E-state index contributed by atoms with van der Waals surface area (Å²) in [5.74, 6) is 1.58. The monoisotopic (exact) mass is 236 g/mol. The van der Waals surface area contributed by atoms with E-state index in [0.717, 1.165) is 25.0 Å². The summed E-state index contributed by atoms with van der Waals surface area (Å²) in [4.78, 5) is 14.0. The lowest BCUT2D eigenvalue weighted by molar-refractivity contribution is 0.0666. The van der Waals surface area contributed by atoms with Crippen LogP contribution in [0.3, 0.4) is 0 Å². The molecule has 2 N–H and O–H groups in total. The Kier molecular flexibility index (Phi) is 3.52. The van der Waals surface area contributed by atoms with Crippen LogP contribution in [-0.4, -0.2) is 30.4 Å². The molecular weight excluding hydrogens is 216 g/mol. The second-order valence-electron chi connectivity index (χ2n) is 4.82. The Balaban J connectivity index is 2.09. The molecule has 0 radical (unpaired) electrons. The Morgan fingerprint density at radius 1 is 1.53 bits per heavy atom. The third-order valence-corrected chi connectivity index (χ3v) is 3.69. The molecule has 4 heteroatoms. The molecule has 0 spiro atoms. The van der Waals surface area contributed by atoms with Crippen molar-refractivity contribution < 1.29 is 9.21 Å². The first-order valence-electron chi connectivity index (χ1n) is 6.17. The number of carbonyl (C=O) groups excluding carboxylic acids is 1. The highest BCUT2D eigenvalue weighted by atomic mass is 16.3. The van der Waals surface area contributed by atoms with Crippen molar-refractivity contribution >= 4 is 5.91 Å². The summed E-state index contributed by atoms with van der Waals surface area (Å²) in [6, 6.07) is 3.81. The van der Waals surface area contributed by atoms with E-state index in [1.165, 1.54) is 0 Å². The van der Waals surface area contributed by atoms with Gasteiger partial charge in [0.25, 0.3) is 5.91 Å². The van der Waals surface area contributed by atoms with E-state index in [9.17, 15) is 4.79 Å². The van der Waals surface area contributed by atoms with Crippen LogP contribution in [0.4, 0.5) is 0 Å². The molecule has 1 aliphatic carbocycles. The number of amides is 1. The summed E-state index contributed by atoms with van der Waals surface area (Å²) in [7, 11) is 1.85. The predicted octanol–water partition coefficient (Wildman–Crippen LogP) is 1.79. The van der Waals surface area contributed by atoms with Gasteiger partial charge in [-0.1, -0.05) is 6.42 Å². The van der Waals surface area contributed by atoms with Crippen LogP contribution in [0.2, 0.25) is 0 Å². The second kappa shape index (κ2) is 4.92. The number of rotatable bonds is 3. The van der Waals surface area contributed by atoms with Gasteiger partial charge in [0.05, 0.1) is 0 Å². The number of nitrogens with two attached hydrogens (primary N) is 1. The Labute approximate surface area is 102 Å². The van der Waals surface area contributed by atoms with E-state index in [1.54, 1.807) is 11.0 Å². The molecule has 1 aromatic heterocycles. The summed E-state index contributed by atoms with van der Waals surface area (Å²) in [5, 5.41) is 0. The molecule has 1 fully saturated rings. The quantitative estimate of drug-likeness (QED) is 0.870. The van der Waals surface area contributed by atoms with Gasteiger partial charge < -0.3 is 15.1 Å². The Morgan fingerprint density at radius 3 is 2.88 bits per heavy atom. The van der Waals surface area contributed by atoms with Crippen molar-refractivity contribution in [3.63, 3.8) is 0 Å². The average molecular weight is 236 g/mol. The molecule has 2 unspecified atom stereocenters. The maximum absolute atomic E-state index is 12.2. The molecule has 1 amide bonds. The summed E-state index contributed by atoms with van der Waals surface area (Å²) in [5.41, 5.74) is 5.74. The molecule has 0 saturated heterocycles. The lowest BCUT2D eigenvalue weighted by Crippen LogP contribution is -2.41. The second-order valence-corrected chi connectivity index (χ2v) is 4.82. The first-order valence-corrected chi connectivity index (χ1v) is 6.17. The zero-order chi connectivity index (χ0) is 12.4. The minimum absolute atomic E-state index is 0.0385. The number of nitrogens with zero attached hydrogens (tertiary/aromatic N) is 1. The van der Waals surface area contributed by atoms with Gasteiger partial charge in [-0.25, -0.2) is 0 Å². The lowest BCUT2D eigenvalue weighted by Gasteiger charge is -2.28. The minimum atomic E-state index is -0.0385. The molecule has 17 heavy (non-hydrogen) atoms. The van der Waals surface area contributed by atoms with Gasteiger partial charge in [-0.15, -0.1) is 0 Å². The third kappa shape index (κ3) is 2.36. The molecule has 2 rings (SSSR count). The maximum Gasteiger partial charge on any atom is 0.289 e. The van der Waals surface area contributed by atoms with Crippen LogP contribution < -0.4 is 5.73 Å². The van der Waals surface area contributed by atoms with Gasteiger partial charge in [0.2, 0.25) is 0 Å². The van der Waals surface area contributed by atoms with Gasteiger partial charge in [-0.3, -0.25) is 4.79 Å². The fourth-order valence-electron chi connectivity index (χ4n) is 2.68. The normalized spacial score (nSPS) is 23.9. The molecule has 0 bridgehead atoms.